The molecule has 2 aliphatic heterocycles. The first-order chi connectivity index (χ1) is 12.4. The molecule has 0 saturated carbocycles. The third-order valence-electron chi connectivity index (χ3n) is 5.64. The molecule has 3 rings (SSSR count). The molecule has 0 bridgehead atoms. The third kappa shape index (κ3) is 3.59. The van der Waals surface area contributed by atoms with Crippen molar-refractivity contribution < 1.29 is 19.5 Å². The van der Waals surface area contributed by atoms with E-state index in [0.29, 0.717) is 25.8 Å². The summed E-state index contributed by atoms with van der Waals surface area (Å²) in [7, 11) is 1.75. The zero-order chi connectivity index (χ0) is 18.8. The van der Waals surface area contributed by atoms with Crippen LogP contribution in [-0.2, 0) is 14.4 Å². The molecule has 140 valence electrons. The minimum Gasteiger partial charge on any atom is -0.481 e. The number of rotatable bonds is 3. The van der Waals surface area contributed by atoms with Gasteiger partial charge in [0, 0.05) is 26.6 Å². The first-order valence-corrected chi connectivity index (χ1v) is 9.20. The van der Waals surface area contributed by atoms with Gasteiger partial charge in [-0.3, -0.25) is 14.4 Å². The van der Waals surface area contributed by atoms with Crippen LogP contribution in [-0.4, -0.2) is 52.8 Å². The van der Waals surface area contributed by atoms with Crippen LogP contribution in [0, 0.1) is 17.8 Å². The number of nitrogens with zero attached hydrogens (tertiary/aromatic N) is 2. The van der Waals surface area contributed by atoms with E-state index in [9.17, 15) is 19.5 Å². The summed E-state index contributed by atoms with van der Waals surface area (Å²) in [5, 5.41) is 9.38. The molecule has 0 spiro atoms. The standard InChI is InChI=1S/C20H26N2O4/c1-13-10-15(20(25)26)12-22(11-13)19(24)16-8-9-17(23)21(2)18(16)14-6-4-3-5-7-14/h3-7,13,15-16,18H,8-12H2,1-2H3,(H,25,26). The molecule has 2 fully saturated rings. The number of likely N-dealkylation sites (tertiary alicyclic amines) is 2. The Morgan fingerprint density at radius 2 is 1.85 bits per heavy atom. The molecule has 0 aromatic heterocycles. The molecule has 1 aromatic rings. The normalized spacial score (nSPS) is 29.5. The molecule has 6 heteroatoms. The Bertz CT molecular complexity index is 690. The van der Waals surface area contributed by atoms with E-state index in [0.717, 1.165) is 5.56 Å². The summed E-state index contributed by atoms with van der Waals surface area (Å²) >= 11 is 0. The average Bonchev–Trinajstić information content (AvgIpc) is 2.63. The van der Waals surface area contributed by atoms with E-state index in [1.165, 1.54) is 0 Å². The summed E-state index contributed by atoms with van der Waals surface area (Å²) in [6.45, 7) is 2.83. The zero-order valence-corrected chi connectivity index (χ0v) is 15.3. The molecule has 4 atom stereocenters. The van der Waals surface area contributed by atoms with E-state index in [-0.39, 0.29) is 36.2 Å². The molecule has 6 nitrogen and oxygen atoms in total. The Morgan fingerprint density at radius 3 is 2.50 bits per heavy atom. The predicted molar refractivity (Wildman–Crippen MR) is 96.2 cm³/mol. The second-order valence-corrected chi connectivity index (χ2v) is 7.62. The van der Waals surface area contributed by atoms with Crippen LogP contribution in [0.15, 0.2) is 30.3 Å². The van der Waals surface area contributed by atoms with Crippen LogP contribution in [0.1, 0.15) is 37.8 Å². The SMILES string of the molecule is CC1CC(C(=O)O)CN(C(=O)C2CCC(=O)N(C)C2c2ccccc2)C1. The Hall–Kier alpha value is -2.37. The summed E-state index contributed by atoms with van der Waals surface area (Å²) in [6.07, 6.45) is 1.45. The van der Waals surface area contributed by atoms with Gasteiger partial charge in [0.05, 0.1) is 17.9 Å². The minimum atomic E-state index is -0.843. The second-order valence-electron chi connectivity index (χ2n) is 7.62. The molecule has 2 saturated heterocycles. The number of aliphatic carboxylic acids is 1. The van der Waals surface area contributed by atoms with Gasteiger partial charge in [-0.1, -0.05) is 37.3 Å². The molecule has 2 aliphatic rings. The topological polar surface area (TPSA) is 77.9 Å². The molecule has 0 aliphatic carbocycles. The van der Waals surface area contributed by atoms with E-state index in [2.05, 4.69) is 0 Å². The number of carboxylic acid groups (broad SMARTS) is 1. The van der Waals surface area contributed by atoms with Crippen LogP contribution < -0.4 is 0 Å². The molecule has 1 aromatic carbocycles. The van der Waals surface area contributed by atoms with Gasteiger partial charge in [0.2, 0.25) is 11.8 Å². The van der Waals surface area contributed by atoms with Crippen molar-refractivity contribution in [1.29, 1.82) is 0 Å². The van der Waals surface area contributed by atoms with E-state index < -0.39 is 11.9 Å². The van der Waals surface area contributed by atoms with Crippen LogP contribution in [0.2, 0.25) is 0 Å². The quantitative estimate of drug-likeness (QED) is 0.898. The Kier molecular flexibility index (Phi) is 5.30. The third-order valence-corrected chi connectivity index (χ3v) is 5.64. The summed E-state index contributed by atoms with van der Waals surface area (Å²) in [5.41, 5.74) is 0.946. The predicted octanol–water partition coefficient (Wildman–Crippen LogP) is 2.17. The summed E-state index contributed by atoms with van der Waals surface area (Å²) in [4.78, 5) is 40.3. The minimum absolute atomic E-state index is 0.0315. The fraction of sp³-hybridized carbons (Fsp3) is 0.550. The van der Waals surface area contributed by atoms with Gasteiger partial charge in [-0.15, -0.1) is 0 Å². The smallest absolute Gasteiger partial charge is 0.308 e. The Morgan fingerprint density at radius 1 is 1.15 bits per heavy atom. The van der Waals surface area contributed by atoms with E-state index in [1.807, 2.05) is 37.3 Å². The van der Waals surface area contributed by atoms with Crippen LogP contribution in [0.3, 0.4) is 0 Å². The van der Waals surface area contributed by atoms with Gasteiger partial charge in [-0.25, -0.2) is 0 Å². The summed E-state index contributed by atoms with van der Waals surface area (Å²) in [6, 6.07) is 9.32. The number of hydrogen-bond acceptors (Lipinski definition) is 3. The number of hydrogen-bond donors (Lipinski definition) is 1. The maximum atomic E-state index is 13.3. The van der Waals surface area contributed by atoms with Crippen molar-refractivity contribution in [2.45, 2.75) is 32.2 Å². The highest BCUT2D eigenvalue weighted by atomic mass is 16.4. The highest BCUT2D eigenvalue weighted by Gasteiger charge is 2.42. The molecule has 2 amide bonds. The van der Waals surface area contributed by atoms with Crippen LogP contribution in [0.5, 0.6) is 0 Å². The van der Waals surface area contributed by atoms with Crippen molar-refractivity contribution in [3.63, 3.8) is 0 Å². The Balaban J connectivity index is 1.86. The average molecular weight is 358 g/mol. The lowest BCUT2D eigenvalue weighted by Gasteiger charge is -2.43. The lowest BCUT2D eigenvalue weighted by atomic mass is 9.82. The van der Waals surface area contributed by atoms with E-state index >= 15 is 0 Å². The van der Waals surface area contributed by atoms with Crippen LogP contribution in [0.4, 0.5) is 0 Å². The molecular formula is C20H26N2O4. The van der Waals surface area contributed by atoms with Gasteiger partial charge in [-0.05, 0) is 24.3 Å². The summed E-state index contributed by atoms with van der Waals surface area (Å²) < 4.78 is 0. The first kappa shape index (κ1) is 18.4. The number of carboxylic acids is 1. The van der Waals surface area contributed by atoms with Crippen LogP contribution >= 0.6 is 0 Å². The fourth-order valence-electron chi connectivity index (χ4n) is 4.35. The van der Waals surface area contributed by atoms with E-state index in [4.69, 9.17) is 0 Å². The van der Waals surface area contributed by atoms with Gasteiger partial charge in [-0.2, -0.15) is 0 Å². The van der Waals surface area contributed by atoms with Gasteiger partial charge >= 0.3 is 5.97 Å². The summed E-state index contributed by atoms with van der Waals surface area (Å²) in [5.74, 6) is -1.52. The van der Waals surface area contributed by atoms with Crippen molar-refractivity contribution in [3.8, 4) is 0 Å². The van der Waals surface area contributed by atoms with Gasteiger partial charge in [0.15, 0.2) is 0 Å². The molecular weight excluding hydrogens is 332 g/mol. The number of benzene rings is 1. The molecule has 1 N–H and O–H groups in total. The Labute approximate surface area is 153 Å². The maximum Gasteiger partial charge on any atom is 0.308 e. The molecule has 2 heterocycles. The van der Waals surface area contributed by atoms with Crippen molar-refractivity contribution in [1.82, 2.24) is 9.80 Å². The highest BCUT2D eigenvalue weighted by molar-refractivity contribution is 5.85. The second kappa shape index (κ2) is 7.48. The molecule has 4 unspecified atom stereocenters. The number of amides is 2. The van der Waals surface area contributed by atoms with Gasteiger partial charge in [0.25, 0.3) is 0 Å². The highest BCUT2D eigenvalue weighted by Crippen LogP contribution is 2.37. The number of carbonyl (C=O) groups is 3. The van der Waals surface area contributed by atoms with Crippen molar-refractivity contribution in [2.24, 2.45) is 17.8 Å². The largest absolute Gasteiger partial charge is 0.481 e. The number of carbonyl (C=O) groups excluding carboxylic acids is 2. The molecule has 26 heavy (non-hydrogen) atoms. The van der Waals surface area contributed by atoms with Crippen LogP contribution in [0.25, 0.3) is 0 Å². The van der Waals surface area contributed by atoms with Gasteiger partial charge < -0.3 is 14.9 Å². The first-order valence-electron chi connectivity index (χ1n) is 9.20. The fourth-order valence-corrected chi connectivity index (χ4v) is 4.35. The zero-order valence-electron chi connectivity index (χ0n) is 15.3. The lowest BCUT2D eigenvalue weighted by molar-refractivity contribution is -0.151. The van der Waals surface area contributed by atoms with E-state index in [1.54, 1.807) is 16.8 Å². The maximum absolute atomic E-state index is 13.3. The van der Waals surface area contributed by atoms with Gasteiger partial charge in [0.1, 0.15) is 0 Å². The molecule has 0 radical (unpaired) electrons. The monoisotopic (exact) mass is 358 g/mol. The van der Waals surface area contributed by atoms with Crippen molar-refractivity contribution in [2.75, 3.05) is 20.1 Å². The van der Waals surface area contributed by atoms with Crippen molar-refractivity contribution in [3.05, 3.63) is 35.9 Å². The van der Waals surface area contributed by atoms with Crippen molar-refractivity contribution >= 4 is 17.8 Å². The number of piperidine rings is 2. The lowest BCUT2D eigenvalue weighted by Crippen LogP contribution is -2.52.